The highest BCUT2D eigenvalue weighted by Crippen LogP contribution is 2.15. The molecule has 10 heteroatoms. The first-order valence-electron chi connectivity index (χ1n) is 7.81. The minimum absolute atomic E-state index is 0.163. The number of nitriles is 1. The van der Waals surface area contributed by atoms with Crippen molar-refractivity contribution in [3.63, 3.8) is 0 Å². The molecule has 1 heterocycles. The molecule has 9 nitrogen and oxygen atoms in total. The van der Waals surface area contributed by atoms with E-state index in [9.17, 15) is 18.0 Å². The van der Waals surface area contributed by atoms with Crippen molar-refractivity contribution in [1.29, 1.82) is 5.26 Å². The summed E-state index contributed by atoms with van der Waals surface area (Å²) in [5, 5.41) is 17.1. The maximum Gasteiger partial charge on any atom is 0.294 e. The standard InChI is InChI=1S/C16H18N4O5S/c17-9-12(10-19-15(21)11-5-7-18-8-6-11)16(22)20-13-1-3-14(4-2-13)26(23,24)25/h1-4,10-11,18H,5-8H2,(H,19,21)(H,20,22)(H,23,24,25)/b12-10-. The molecule has 2 rings (SSSR count). The van der Waals surface area contributed by atoms with Crippen molar-refractivity contribution in [2.24, 2.45) is 5.92 Å². The number of nitrogens with one attached hydrogen (secondary N) is 3. The van der Waals surface area contributed by atoms with Gasteiger partial charge in [0, 0.05) is 17.8 Å². The molecule has 1 aromatic rings. The van der Waals surface area contributed by atoms with E-state index in [4.69, 9.17) is 9.81 Å². The molecule has 0 saturated carbocycles. The Hall–Kier alpha value is -2.74. The molecule has 2 amide bonds. The molecule has 0 bridgehead atoms. The summed E-state index contributed by atoms with van der Waals surface area (Å²) in [5.41, 5.74) is -0.0700. The van der Waals surface area contributed by atoms with Crippen LogP contribution in [-0.4, -0.2) is 37.9 Å². The Balaban J connectivity index is 1.99. The van der Waals surface area contributed by atoms with Crippen molar-refractivity contribution in [3.8, 4) is 6.07 Å². The fourth-order valence-corrected chi connectivity index (χ4v) is 2.88. The number of piperidine rings is 1. The highest BCUT2D eigenvalue weighted by molar-refractivity contribution is 7.85. The van der Waals surface area contributed by atoms with E-state index in [1.807, 2.05) is 0 Å². The lowest BCUT2D eigenvalue weighted by atomic mass is 9.97. The van der Waals surface area contributed by atoms with Crippen molar-refractivity contribution in [3.05, 3.63) is 36.0 Å². The van der Waals surface area contributed by atoms with Crippen molar-refractivity contribution in [2.45, 2.75) is 17.7 Å². The van der Waals surface area contributed by atoms with E-state index >= 15 is 0 Å². The first kappa shape index (κ1) is 19.6. The number of hydrogen-bond acceptors (Lipinski definition) is 6. The van der Waals surface area contributed by atoms with Crippen LogP contribution < -0.4 is 16.0 Å². The van der Waals surface area contributed by atoms with Gasteiger partial charge in [0.15, 0.2) is 0 Å². The summed E-state index contributed by atoms with van der Waals surface area (Å²) in [6.07, 6.45) is 2.44. The first-order valence-corrected chi connectivity index (χ1v) is 9.25. The summed E-state index contributed by atoms with van der Waals surface area (Å²) in [5.74, 6) is -1.16. The summed E-state index contributed by atoms with van der Waals surface area (Å²) in [6, 6.07) is 6.46. The predicted octanol–water partition coefficient (Wildman–Crippen LogP) is 0.395. The third-order valence-electron chi connectivity index (χ3n) is 3.84. The lowest BCUT2D eigenvalue weighted by Gasteiger charge is -2.20. The first-order chi connectivity index (χ1) is 12.3. The molecular formula is C16H18N4O5S. The number of hydrogen-bond donors (Lipinski definition) is 4. The number of carbonyl (C=O) groups is 2. The molecule has 1 aliphatic heterocycles. The number of carbonyl (C=O) groups excluding carboxylic acids is 2. The second kappa shape index (κ2) is 8.57. The minimum atomic E-state index is -4.33. The fourth-order valence-electron chi connectivity index (χ4n) is 2.40. The largest absolute Gasteiger partial charge is 0.331 e. The zero-order valence-corrected chi connectivity index (χ0v) is 14.5. The number of amides is 2. The lowest BCUT2D eigenvalue weighted by molar-refractivity contribution is -0.124. The molecule has 1 saturated heterocycles. The normalized spacial score (nSPS) is 15.8. The van der Waals surface area contributed by atoms with E-state index in [0.29, 0.717) is 12.8 Å². The van der Waals surface area contributed by atoms with Crippen LogP contribution in [0, 0.1) is 17.2 Å². The van der Waals surface area contributed by atoms with Gasteiger partial charge in [-0.15, -0.1) is 0 Å². The summed E-state index contributed by atoms with van der Waals surface area (Å²) >= 11 is 0. The van der Waals surface area contributed by atoms with Crippen LogP contribution in [0.1, 0.15) is 12.8 Å². The van der Waals surface area contributed by atoms with Gasteiger partial charge in [-0.05, 0) is 50.2 Å². The Morgan fingerprint density at radius 2 is 1.85 bits per heavy atom. The zero-order chi connectivity index (χ0) is 19.2. The average Bonchev–Trinajstić information content (AvgIpc) is 2.62. The fraction of sp³-hybridized carbons (Fsp3) is 0.312. The average molecular weight is 378 g/mol. The van der Waals surface area contributed by atoms with Gasteiger partial charge in [0.25, 0.3) is 16.0 Å². The minimum Gasteiger partial charge on any atom is -0.331 e. The smallest absolute Gasteiger partial charge is 0.294 e. The zero-order valence-electron chi connectivity index (χ0n) is 13.7. The molecule has 4 N–H and O–H groups in total. The Labute approximate surface area is 150 Å². The SMILES string of the molecule is N#C/C(=C/NC(=O)C1CCNCC1)C(=O)Nc1ccc(S(=O)(=O)O)cc1. The summed E-state index contributed by atoms with van der Waals surface area (Å²) in [6.45, 7) is 1.49. The molecule has 1 aromatic carbocycles. The van der Waals surface area contributed by atoms with Crippen molar-refractivity contribution in [2.75, 3.05) is 18.4 Å². The molecule has 138 valence electrons. The second-order valence-electron chi connectivity index (χ2n) is 5.66. The summed E-state index contributed by atoms with van der Waals surface area (Å²) in [4.78, 5) is 23.8. The van der Waals surface area contributed by atoms with Gasteiger partial charge in [-0.3, -0.25) is 14.1 Å². The van der Waals surface area contributed by atoms with Gasteiger partial charge in [0.05, 0.1) is 4.90 Å². The van der Waals surface area contributed by atoms with Crippen LogP contribution in [-0.2, 0) is 19.7 Å². The molecule has 0 spiro atoms. The van der Waals surface area contributed by atoms with Crippen molar-refractivity contribution < 1.29 is 22.6 Å². The Morgan fingerprint density at radius 3 is 2.38 bits per heavy atom. The van der Waals surface area contributed by atoms with Crippen LogP contribution in [0.25, 0.3) is 0 Å². The lowest BCUT2D eigenvalue weighted by Crippen LogP contribution is -2.36. The third kappa shape index (κ3) is 5.38. The van der Waals surface area contributed by atoms with Gasteiger partial charge in [0.2, 0.25) is 5.91 Å². The van der Waals surface area contributed by atoms with Crippen molar-refractivity contribution in [1.82, 2.24) is 10.6 Å². The van der Waals surface area contributed by atoms with Crippen molar-refractivity contribution >= 4 is 27.6 Å². The number of rotatable bonds is 5. The van der Waals surface area contributed by atoms with Crippen LogP contribution >= 0.6 is 0 Å². The maximum atomic E-state index is 12.1. The Kier molecular flexibility index (Phi) is 6.46. The van der Waals surface area contributed by atoms with Crippen LogP contribution in [0.3, 0.4) is 0 Å². The highest BCUT2D eigenvalue weighted by atomic mass is 32.2. The Morgan fingerprint density at radius 1 is 1.23 bits per heavy atom. The number of anilines is 1. The van der Waals surface area contributed by atoms with Crippen LogP contribution in [0.2, 0.25) is 0 Å². The number of benzene rings is 1. The molecule has 0 radical (unpaired) electrons. The molecule has 1 fully saturated rings. The molecule has 26 heavy (non-hydrogen) atoms. The van der Waals surface area contributed by atoms with Crippen LogP contribution in [0.5, 0.6) is 0 Å². The van der Waals surface area contributed by atoms with E-state index in [1.165, 1.54) is 12.1 Å². The van der Waals surface area contributed by atoms with E-state index in [0.717, 1.165) is 31.4 Å². The molecular weight excluding hydrogens is 360 g/mol. The quantitative estimate of drug-likeness (QED) is 0.329. The van der Waals surface area contributed by atoms with Crippen LogP contribution in [0.4, 0.5) is 5.69 Å². The van der Waals surface area contributed by atoms with E-state index in [-0.39, 0.29) is 28.0 Å². The van der Waals surface area contributed by atoms with Gasteiger partial charge in [-0.2, -0.15) is 13.7 Å². The summed E-state index contributed by atoms with van der Waals surface area (Å²) < 4.78 is 30.9. The van der Waals surface area contributed by atoms with E-state index in [1.54, 1.807) is 6.07 Å². The Bertz CT molecular complexity index is 850. The van der Waals surface area contributed by atoms with Gasteiger partial charge >= 0.3 is 0 Å². The molecule has 0 atom stereocenters. The predicted molar refractivity (Wildman–Crippen MR) is 92.3 cm³/mol. The molecule has 0 aliphatic carbocycles. The highest BCUT2D eigenvalue weighted by Gasteiger charge is 2.20. The summed E-state index contributed by atoms with van der Waals surface area (Å²) in [7, 11) is -4.33. The molecule has 0 unspecified atom stereocenters. The maximum absolute atomic E-state index is 12.1. The van der Waals surface area contributed by atoms with E-state index < -0.39 is 16.0 Å². The number of nitrogens with zero attached hydrogens (tertiary/aromatic N) is 1. The van der Waals surface area contributed by atoms with Gasteiger partial charge < -0.3 is 16.0 Å². The van der Waals surface area contributed by atoms with Crippen LogP contribution in [0.15, 0.2) is 40.9 Å². The van der Waals surface area contributed by atoms with E-state index in [2.05, 4.69) is 16.0 Å². The third-order valence-corrected chi connectivity index (χ3v) is 4.71. The molecule has 1 aliphatic rings. The second-order valence-corrected chi connectivity index (χ2v) is 7.08. The van der Waals surface area contributed by atoms with Gasteiger partial charge in [0.1, 0.15) is 11.6 Å². The topological polar surface area (TPSA) is 148 Å². The molecule has 0 aromatic heterocycles. The monoisotopic (exact) mass is 378 g/mol. The van der Waals surface area contributed by atoms with Gasteiger partial charge in [-0.1, -0.05) is 0 Å². The van der Waals surface area contributed by atoms with Gasteiger partial charge in [-0.25, -0.2) is 0 Å².